The van der Waals surface area contributed by atoms with E-state index in [2.05, 4.69) is 10.6 Å². The van der Waals surface area contributed by atoms with Crippen LogP contribution in [-0.4, -0.2) is 38.3 Å². The molecule has 100 valence electrons. The van der Waals surface area contributed by atoms with Crippen molar-refractivity contribution >= 4 is 5.91 Å². The summed E-state index contributed by atoms with van der Waals surface area (Å²) >= 11 is 0. The average molecular weight is 242 g/mol. The molecule has 0 saturated heterocycles. The summed E-state index contributed by atoms with van der Waals surface area (Å²) in [6.07, 6.45) is 6.89. The van der Waals surface area contributed by atoms with Gasteiger partial charge in [0.05, 0.1) is 6.04 Å². The highest BCUT2D eigenvalue weighted by Crippen LogP contribution is 2.17. The van der Waals surface area contributed by atoms with Gasteiger partial charge in [0.1, 0.15) is 0 Å². The number of rotatable bonds is 8. The highest BCUT2D eigenvalue weighted by molar-refractivity contribution is 5.81. The lowest BCUT2D eigenvalue weighted by Crippen LogP contribution is -2.45. The molecule has 17 heavy (non-hydrogen) atoms. The van der Waals surface area contributed by atoms with E-state index in [1.165, 1.54) is 12.8 Å². The zero-order valence-electron chi connectivity index (χ0n) is 11.1. The van der Waals surface area contributed by atoms with Crippen molar-refractivity contribution in [2.75, 3.05) is 20.3 Å². The van der Waals surface area contributed by atoms with Crippen molar-refractivity contribution in [2.24, 2.45) is 0 Å². The highest BCUT2D eigenvalue weighted by atomic mass is 16.5. The normalized spacial score (nSPS) is 18.2. The zero-order chi connectivity index (χ0) is 12.5. The fourth-order valence-electron chi connectivity index (χ4n) is 2.18. The van der Waals surface area contributed by atoms with Gasteiger partial charge in [-0.05, 0) is 39.2 Å². The first kappa shape index (κ1) is 14.5. The van der Waals surface area contributed by atoms with Crippen molar-refractivity contribution in [3.05, 3.63) is 0 Å². The summed E-state index contributed by atoms with van der Waals surface area (Å²) in [5.41, 5.74) is 0. The van der Waals surface area contributed by atoms with Gasteiger partial charge in [-0.2, -0.15) is 0 Å². The third-order valence-corrected chi connectivity index (χ3v) is 3.32. The van der Waals surface area contributed by atoms with Crippen LogP contribution in [0.15, 0.2) is 0 Å². The molecule has 2 N–H and O–H groups in total. The molecule has 1 rings (SSSR count). The Kier molecular flexibility index (Phi) is 7.21. The van der Waals surface area contributed by atoms with E-state index in [-0.39, 0.29) is 11.9 Å². The Labute approximate surface area is 104 Å². The van der Waals surface area contributed by atoms with Gasteiger partial charge in [-0.15, -0.1) is 0 Å². The zero-order valence-corrected chi connectivity index (χ0v) is 11.1. The van der Waals surface area contributed by atoms with Crippen molar-refractivity contribution in [3.63, 3.8) is 0 Å². The van der Waals surface area contributed by atoms with E-state index in [0.29, 0.717) is 6.04 Å². The monoisotopic (exact) mass is 242 g/mol. The molecule has 0 aliphatic heterocycles. The van der Waals surface area contributed by atoms with Crippen molar-refractivity contribution in [2.45, 2.75) is 57.5 Å². The fourth-order valence-corrected chi connectivity index (χ4v) is 2.18. The first-order valence-corrected chi connectivity index (χ1v) is 6.76. The van der Waals surface area contributed by atoms with Crippen molar-refractivity contribution in [3.8, 4) is 0 Å². The summed E-state index contributed by atoms with van der Waals surface area (Å²) in [4.78, 5) is 11.8. The number of amides is 1. The van der Waals surface area contributed by atoms with Gasteiger partial charge < -0.3 is 15.4 Å². The Morgan fingerprint density at radius 3 is 2.71 bits per heavy atom. The van der Waals surface area contributed by atoms with Crippen LogP contribution in [0, 0.1) is 0 Å². The van der Waals surface area contributed by atoms with E-state index in [4.69, 9.17) is 4.74 Å². The Morgan fingerprint density at radius 1 is 1.35 bits per heavy atom. The van der Waals surface area contributed by atoms with Crippen molar-refractivity contribution in [1.29, 1.82) is 0 Å². The second-order valence-corrected chi connectivity index (χ2v) is 4.87. The Balaban J connectivity index is 2.05. The van der Waals surface area contributed by atoms with Crippen LogP contribution in [0.3, 0.4) is 0 Å². The van der Waals surface area contributed by atoms with Crippen LogP contribution in [0.25, 0.3) is 0 Å². The minimum absolute atomic E-state index is 0.0851. The van der Waals surface area contributed by atoms with Gasteiger partial charge in [0.15, 0.2) is 0 Å². The lowest BCUT2D eigenvalue weighted by Gasteiger charge is -2.17. The molecule has 1 fully saturated rings. The predicted octanol–water partition coefficient (Wildman–Crippen LogP) is 1.45. The van der Waals surface area contributed by atoms with E-state index in [1.54, 1.807) is 7.11 Å². The van der Waals surface area contributed by atoms with Crippen molar-refractivity contribution in [1.82, 2.24) is 10.6 Å². The molecular formula is C13H26N2O2. The second-order valence-electron chi connectivity index (χ2n) is 4.87. The standard InChI is InChI=1S/C13H26N2O2/c1-11(14-9-5-6-10-17-2)13(16)15-12-7-3-4-8-12/h11-12,14H,3-10H2,1-2H3,(H,15,16). The lowest BCUT2D eigenvalue weighted by atomic mass is 10.2. The number of hydrogen-bond donors (Lipinski definition) is 2. The molecular weight excluding hydrogens is 216 g/mol. The SMILES string of the molecule is COCCCCNC(C)C(=O)NC1CCCC1. The molecule has 0 aromatic heterocycles. The quantitative estimate of drug-likeness (QED) is 0.633. The molecule has 1 aliphatic carbocycles. The average Bonchev–Trinajstić information content (AvgIpc) is 2.81. The molecule has 0 spiro atoms. The molecule has 0 bridgehead atoms. The summed E-state index contributed by atoms with van der Waals surface area (Å²) in [5, 5.41) is 6.35. The van der Waals surface area contributed by atoms with E-state index in [1.807, 2.05) is 6.92 Å². The summed E-state index contributed by atoms with van der Waals surface area (Å²) in [5.74, 6) is 0.142. The van der Waals surface area contributed by atoms with Gasteiger partial charge in [0, 0.05) is 19.8 Å². The molecule has 4 heteroatoms. The first-order valence-electron chi connectivity index (χ1n) is 6.76. The third kappa shape index (κ3) is 6.03. The van der Waals surface area contributed by atoms with E-state index in [9.17, 15) is 4.79 Å². The third-order valence-electron chi connectivity index (χ3n) is 3.32. The van der Waals surface area contributed by atoms with Gasteiger partial charge in [0.25, 0.3) is 0 Å². The number of methoxy groups -OCH3 is 1. The van der Waals surface area contributed by atoms with Crippen LogP contribution >= 0.6 is 0 Å². The number of nitrogens with one attached hydrogen (secondary N) is 2. The van der Waals surface area contributed by atoms with Gasteiger partial charge in [0.2, 0.25) is 5.91 Å². The minimum Gasteiger partial charge on any atom is -0.385 e. The lowest BCUT2D eigenvalue weighted by molar-refractivity contribution is -0.123. The molecule has 0 aromatic rings. The van der Waals surface area contributed by atoms with E-state index >= 15 is 0 Å². The maximum Gasteiger partial charge on any atom is 0.237 e. The van der Waals surface area contributed by atoms with Gasteiger partial charge in [-0.3, -0.25) is 4.79 Å². The predicted molar refractivity (Wildman–Crippen MR) is 69.0 cm³/mol. The molecule has 1 aliphatic rings. The largest absolute Gasteiger partial charge is 0.385 e. The molecule has 0 heterocycles. The van der Waals surface area contributed by atoms with Crippen LogP contribution < -0.4 is 10.6 Å². The number of carbonyl (C=O) groups is 1. The first-order chi connectivity index (χ1) is 8.24. The van der Waals surface area contributed by atoms with Gasteiger partial charge in [-0.1, -0.05) is 12.8 Å². The van der Waals surface area contributed by atoms with Crippen LogP contribution in [-0.2, 0) is 9.53 Å². The van der Waals surface area contributed by atoms with Crippen LogP contribution in [0.5, 0.6) is 0 Å². The molecule has 1 saturated carbocycles. The summed E-state index contributed by atoms with van der Waals surface area (Å²) in [7, 11) is 1.71. The smallest absolute Gasteiger partial charge is 0.237 e. The highest BCUT2D eigenvalue weighted by Gasteiger charge is 2.19. The van der Waals surface area contributed by atoms with Crippen LogP contribution in [0.1, 0.15) is 45.4 Å². The maximum absolute atomic E-state index is 11.8. The van der Waals surface area contributed by atoms with Crippen LogP contribution in [0.4, 0.5) is 0 Å². The molecule has 1 atom stereocenters. The van der Waals surface area contributed by atoms with Crippen LogP contribution in [0.2, 0.25) is 0 Å². The number of carbonyl (C=O) groups excluding carboxylic acids is 1. The number of ether oxygens (including phenoxy) is 1. The number of unbranched alkanes of at least 4 members (excludes halogenated alkanes) is 1. The molecule has 0 radical (unpaired) electrons. The summed E-state index contributed by atoms with van der Waals surface area (Å²) in [6.45, 7) is 3.60. The molecule has 1 amide bonds. The minimum atomic E-state index is -0.0851. The summed E-state index contributed by atoms with van der Waals surface area (Å²) in [6, 6.07) is 0.332. The number of hydrogen-bond acceptors (Lipinski definition) is 3. The Morgan fingerprint density at radius 2 is 2.06 bits per heavy atom. The Bertz CT molecular complexity index is 215. The second kappa shape index (κ2) is 8.48. The summed E-state index contributed by atoms with van der Waals surface area (Å²) < 4.78 is 4.98. The maximum atomic E-state index is 11.8. The Hall–Kier alpha value is -0.610. The van der Waals surface area contributed by atoms with Crippen molar-refractivity contribution < 1.29 is 9.53 Å². The van der Waals surface area contributed by atoms with E-state index in [0.717, 1.165) is 38.8 Å². The van der Waals surface area contributed by atoms with Gasteiger partial charge in [-0.25, -0.2) is 0 Å². The van der Waals surface area contributed by atoms with E-state index < -0.39 is 0 Å². The molecule has 1 unspecified atom stereocenters. The fraction of sp³-hybridized carbons (Fsp3) is 0.923. The van der Waals surface area contributed by atoms with Gasteiger partial charge >= 0.3 is 0 Å². The topological polar surface area (TPSA) is 50.4 Å². The molecule has 4 nitrogen and oxygen atoms in total. The molecule has 0 aromatic carbocycles.